The van der Waals surface area contributed by atoms with Crippen LogP contribution in [0.4, 0.5) is 22.7 Å². The van der Waals surface area contributed by atoms with Gasteiger partial charge in [0.15, 0.2) is 0 Å². The van der Waals surface area contributed by atoms with Gasteiger partial charge in [0.2, 0.25) is 0 Å². The zero-order chi connectivity index (χ0) is 19.5. The van der Waals surface area contributed by atoms with Gasteiger partial charge >= 0.3 is 5.69 Å². The van der Waals surface area contributed by atoms with Crippen LogP contribution in [0, 0.1) is 10.1 Å². The van der Waals surface area contributed by atoms with Crippen LogP contribution in [0.15, 0.2) is 46.2 Å². The number of thioether (sulfide) groups is 2. The summed E-state index contributed by atoms with van der Waals surface area (Å²) in [7, 11) is 0. The lowest BCUT2D eigenvalue weighted by molar-refractivity contribution is -0.386. The highest BCUT2D eigenvalue weighted by Crippen LogP contribution is 2.33. The van der Waals surface area contributed by atoms with Crippen molar-refractivity contribution in [1.29, 1.82) is 0 Å². The Morgan fingerprint density at radius 2 is 1.38 bits per heavy atom. The molecule has 0 unspecified atom stereocenters. The largest absolute Gasteiger partial charge is 0.397 e. The minimum absolute atomic E-state index is 0.0172. The molecule has 0 spiro atoms. The molecule has 142 valence electrons. The van der Waals surface area contributed by atoms with Crippen molar-refractivity contribution in [2.75, 3.05) is 41.9 Å². The standard InChI is InChI=1S/C8H10N2O3S.C8H12N2OS/c9-6-2-1-3-7(14-5-4-11)8(6)10(12)13;9-6-2-1-3-7(8(6)10)12-5-4-11/h1-3,11H,4-5,9H2;1-3,11H,4-5,9-10H2. The summed E-state index contributed by atoms with van der Waals surface area (Å²) in [5.74, 6) is 1.07. The van der Waals surface area contributed by atoms with E-state index in [2.05, 4.69) is 0 Å². The van der Waals surface area contributed by atoms with E-state index >= 15 is 0 Å². The molecule has 0 heterocycles. The first-order chi connectivity index (χ1) is 12.4. The Kier molecular flexibility index (Phi) is 9.66. The highest BCUT2D eigenvalue weighted by atomic mass is 32.2. The number of nitrogens with zero attached hydrogens (tertiary/aromatic N) is 1. The minimum Gasteiger partial charge on any atom is -0.397 e. The van der Waals surface area contributed by atoms with Crippen molar-refractivity contribution in [3.05, 3.63) is 46.5 Å². The first kappa shape index (κ1) is 21.9. The molecule has 0 aliphatic heterocycles. The fourth-order valence-electron chi connectivity index (χ4n) is 1.85. The average molecular weight is 399 g/mol. The van der Waals surface area contributed by atoms with Gasteiger partial charge in [0.1, 0.15) is 5.69 Å². The molecule has 2 aromatic rings. The molecule has 0 bridgehead atoms. The van der Waals surface area contributed by atoms with Crippen LogP contribution in [-0.2, 0) is 0 Å². The smallest absolute Gasteiger partial charge is 0.305 e. The average Bonchev–Trinajstić information content (AvgIpc) is 2.61. The summed E-state index contributed by atoms with van der Waals surface area (Å²) >= 11 is 2.72. The third-order valence-corrected chi connectivity index (χ3v) is 5.09. The van der Waals surface area contributed by atoms with Crippen LogP contribution in [-0.4, -0.2) is 39.9 Å². The number of aliphatic hydroxyl groups is 2. The Morgan fingerprint density at radius 1 is 0.885 bits per heavy atom. The normalized spacial score (nSPS) is 10.1. The summed E-state index contributed by atoms with van der Waals surface area (Å²) in [6.07, 6.45) is 0. The Morgan fingerprint density at radius 3 is 1.92 bits per heavy atom. The van der Waals surface area contributed by atoms with Crippen molar-refractivity contribution in [3.63, 3.8) is 0 Å². The van der Waals surface area contributed by atoms with Gasteiger partial charge < -0.3 is 27.4 Å². The SMILES string of the molecule is Nc1cccc(SCCO)c1N.Nc1cccc(SCCO)c1[N+](=O)[O-]. The number of nitro groups is 1. The fraction of sp³-hybridized carbons (Fsp3) is 0.250. The Hall–Kier alpha value is -2.14. The molecular formula is C16H22N4O4S2. The van der Waals surface area contributed by atoms with Gasteiger partial charge in [-0.2, -0.15) is 0 Å². The highest BCUT2D eigenvalue weighted by molar-refractivity contribution is 7.99. The Labute approximate surface area is 159 Å². The fourth-order valence-corrected chi connectivity index (χ4v) is 3.42. The lowest BCUT2D eigenvalue weighted by atomic mass is 10.3. The summed E-state index contributed by atoms with van der Waals surface area (Å²) in [6, 6.07) is 10.3. The predicted molar refractivity (Wildman–Crippen MR) is 108 cm³/mol. The molecule has 2 aromatic carbocycles. The van der Waals surface area contributed by atoms with E-state index in [1.54, 1.807) is 18.2 Å². The molecule has 0 aliphatic rings. The quantitative estimate of drug-likeness (QED) is 0.204. The first-order valence-electron chi connectivity index (χ1n) is 7.56. The van der Waals surface area contributed by atoms with Crippen LogP contribution in [0.1, 0.15) is 0 Å². The molecule has 10 heteroatoms. The van der Waals surface area contributed by atoms with Gasteiger partial charge in [-0.3, -0.25) is 10.1 Å². The zero-order valence-electron chi connectivity index (χ0n) is 14.0. The van der Waals surface area contributed by atoms with E-state index in [-0.39, 0.29) is 24.6 Å². The highest BCUT2D eigenvalue weighted by Gasteiger charge is 2.17. The number of nitro benzene ring substituents is 1. The number of nitrogen functional groups attached to an aromatic ring is 3. The summed E-state index contributed by atoms with van der Waals surface area (Å²) in [4.78, 5) is 11.6. The monoisotopic (exact) mass is 398 g/mol. The maximum Gasteiger partial charge on any atom is 0.305 e. The van der Waals surface area contributed by atoms with Gasteiger partial charge in [0.25, 0.3) is 0 Å². The second-order valence-electron chi connectivity index (χ2n) is 4.85. The van der Waals surface area contributed by atoms with E-state index < -0.39 is 4.92 Å². The second-order valence-corrected chi connectivity index (χ2v) is 7.13. The van der Waals surface area contributed by atoms with E-state index in [1.165, 1.54) is 29.6 Å². The van der Waals surface area contributed by atoms with Crippen LogP contribution in [0.2, 0.25) is 0 Å². The minimum atomic E-state index is -0.505. The van der Waals surface area contributed by atoms with Crippen LogP contribution in [0.3, 0.4) is 0 Å². The topological polar surface area (TPSA) is 162 Å². The van der Waals surface area contributed by atoms with Gasteiger partial charge in [-0.05, 0) is 24.3 Å². The van der Waals surface area contributed by atoms with Crippen molar-refractivity contribution in [2.45, 2.75) is 9.79 Å². The number of anilines is 3. The third-order valence-electron chi connectivity index (χ3n) is 3.01. The van der Waals surface area contributed by atoms with E-state index in [9.17, 15) is 10.1 Å². The number of hydrogen-bond acceptors (Lipinski definition) is 9. The van der Waals surface area contributed by atoms with Crippen molar-refractivity contribution < 1.29 is 15.1 Å². The Balaban J connectivity index is 0.000000263. The summed E-state index contributed by atoms with van der Waals surface area (Å²) in [5.41, 5.74) is 18.0. The molecule has 0 saturated heterocycles. The third kappa shape index (κ3) is 6.64. The van der Waals surface area contributed by atoms with E-state index in [4.69, 9.17) is 27.4 Å². The van der Waals surface area contributed by atoms with Gasteiger partial charge in [-0.25, -0.2) is 0 Å². The second kappa shape index (κ2) is 11.5. The predicted octanol–water partition coefficient (Wildman–Crippen LogP) is 2.20. The molecule has 0 aromatic heterocycles. The van der Waals surface area contributed by atoms with Gasteiger partial charge in [0, 0.05) is 16.4 Å². The van der Waals surface area contributed by atoms with E-state index in [0.29, 0.717) is 27.8 Å². The maximum atomic E-state index is 10.7. The molecule has 0 radical (unpaired) electrons. The molecule has 0 amide bonds. The number of rotatable bonds is 7. The van der Waals surface area contributed by atoms with Crippen LogP contribution in [0.25, 0.3) is 0 Å². The van der Waals surface area contributed by atoms with Crippen molar-refractivity contribution >= 4 is 46.3 Å². The number of aliphatic hydroxyl groups excluding tert-OH is 2. The first-order valence-corrected chi connectivity index (χ1v) is 9.53. The van der Waals surface area contributed by atoms with Gasteiger partial charge in [-0.1, -0.05) is 12.1 Å². The van der Waals surface area contributed by atoms with Crippen molar-refractivity contribution in [1.82, 2.24) is 0 Å². The molecule has 0 aliphatic carbocycles. The van der Waals surface area contributed by atoms with Gasteiger partial charge in [0.05, 0.1) is 34.4 Å². The molecule has 8 nitrogen and oxygen atoms in total. The van der Waals surface area contributed by atoms with E-state index in [0.717, 1.165) is 4.90 Å². The Bertz CT molecular complexity index is 731. The molecule has 8 N–H and O–H groups in total. The summed E-state index contributed by atoms with van der Waals surface area (Å²) < 4.78 is 0. The number of nitrogens with two attached hydrogens (primary N) is 3. The van der Waals surface area contributed by atoms with Crippen molar-refractivity contribution in [2.24, 2.45) is 0 Å². The number of hydrogen-bond donors (Lipinski definition) is 5. The van der Waals surface area contributed by atoms with Crippen LogP contribution < -0.4 is 17.2 Å². The van der Waals surface area contributed by atoms with Crippen LogP contribution >= 0.6 is 23.5 Å². The molecule has 26 heavy (non-hydrogen) atoms. The maximum absolute atomic E-state index is 10.7. The molecular weight excluding hydrogens is 376 g/mol. The summed E-state index contributed by atoms with van der Waals surface area (Å²) in [5, 5.41) is 27.9. The number of para-hydroxylation sites is 2. The van der Waals surface area contributed by atoms with E-state index in [1.807, 2.05) is 12.1 Å². The molecule has 0 atom stereocenters. The molecule has 0 saturated carbocycles. The lowest BCUT2D eigenvalue weighted by Gasteiger charge is -2.05. The zero-order valence-corrected chi connectivity index (χ0v) is 15.6. The number of benzene rings is 2. The molecule has 2 rings (SSSR count). The lowest BCUT2D eigenvalue weighted by Crippen LogP contribution is -1.98. The van der Waals surface area contributed by atoms with Crippen LogP contribution in [0.5, 0.6) is 0 Å². The van der Waals surface area contributed by atoms with Crippen molar-refractivity contribution in [3.8, 4) is 0 Å². The molecule has 0 fully saturated rings. The summed E-state index contributed by atoms with van der Waals surface area (Å²) in [6.45, 7) is 0.134. The van der Waals surface area contributed by atoms with Gasteiger partial charge in [-0.15, -0.1) is 23.5 Å².